The molecule has 0 spiro atoms. The monoisotopic (exact) mass is 265 g/mol. The van der Waals surface area contributed by atoms with Crippen molar-refractivity contribution in [2.45, 2.75) is 20.0 Å². The number of sulfonamides is 1. The second-order valence-electron chi connectivity index (χ2n) is 3.30. The summed E-state index contributed by atoms with van der Waals surface area (Å²) < 4.78 is 53.5. The number of hydrogen-bond donors (Lipinski definition) is 1. The van der Waals surface area contributed by atoms with Gasteiger partial charge < -0.3 is 4.74 Å². The number of ether oxygens (including phenoxy) is 1. The molecule has 4 nitrogen and oxygen atoms in total. The molecule has 0 aromatic heterocycles. The van der Waals surface area contributed by atoms with Crippen molar-refractivity contribution >= 4 is 15.7 Å². The van der Waals surface area contributed by atoms with Crippen LogP contribution in [-0.2, 0) is 10.0 Å². The van der Waals surface area contributed by atoms with Gasteiger partial charge in [0.2, 0.25) is 10.0 Å². The zero-order chi connectivity index (χ0) is 12.9. The molecule has 0 atom stereocenters. The van der Waals surface area contributed by atoms with Crippen molar-refractivity contribution in [3.05, 3.63) is 24.3 Å². The number of alkyl halides is 2. The Labute approximate surface area is 98.6 Å². The van der Waals surface area contributed by atoms with Gasteiger partial charge in [-0.15, -0.1) is 0 Å². The van der Waals surface area contributed by atoms with Gasteiger partial charge in [0.15, 0.2) is 0 Å². The third kappa shape index (κ3) is 4.56. The number of rotatable bonds is 6. The van der Waals surface area contributed by atoms with E-state index in [0.717, 1.165) is 0 Å². The summed E-state index contributed by atoms with van der Waals surface area (Å²) >= 11 is 0. The fourth-order valence-electron chi connectivity index (χ4n) is 1.24. The highest BCUT2D eigenvalue weighted by Crippen LogP contribution is 2.26. The topological polar surface area (TPSA) is 55.4 Å². The molecule has 1 N–H and O–H groups in total. The SMILES string of the molecule is CCCS(=O)(=O)Nc1ccccc1OC(F)F. The van der Waals surface area contributed by atoms with Crippen LogP contribution in [0.25, 0.3) is 0 Å². The zero-order valence-corrected chi connectivity index (χ0v) is 10.0. The Morgan fingerprint density at radius 1 is 1.35 bits per heavy atom. The normalized spacial score (nSPS) is 11.5. The van der Waals surface area contributed by atoms with Crippen molar-refractivity contribution in [2.24, 2.45) is 0 Å². The molecule has 96 valence electrons. The van der Waals surface area contributed by atoms with Crippen LogP contribution in [0.5, 0.6) is 5.75 Å². The maximum absolute atomic E-state index is 12.1. The summed E-state index contributed by atoms with van der Waals surface area (Å²) in [6.07, 6.45) is 0.438. The van der Waals surface area contributed by atoms with Crippen molar-refractivity contribution in [2.75, 3.05) is 10.5 Å². The van der Waals surface area contributed by atoms with E-state index < -0.39 is 16.6 Å². The predicted molar refractivity (Wildman–Crippen MR) is 60.8 cm³/mol. The lowest BCUT2D eigenvalue weighted by Gasteiger charge is -2.12. The minimum Gasteiger partial charge on any atom is -0.433 e. The maximum atomic E-state index is 12.1. The number of anilines is 1. The van der Waals surface area contributed by atoms with Crippen molar-refractivity contribution in [1.82, 2.24) is 0 Å². The van der Waals surface area contributed by atoms with E-state index in [1.807, 2.05) is 0 Å². The largest absolute Gasteiger partial charge is 0.433 e. The predicted octanol–water partition coefficient (Wildman–Crippen LogP) is 2.44. The highest BCUT2D eigenvalue weighted by Gasteiger charge is 2.14. The Bertz CT molecular complexity index is 462. The summed E-state index contributed by atoms with van der Waals surface area (Å²) in [6.45, 7) is -1.28. The molecule has 0 saturated carbocycles. The van der Waals surface area contributed by atoms with Crippen LogP contribution in [0.2, 0.25) is 0 Å². The van der Waals surface area contributed by atoms with Gasteiger partial charge in [-0.3, -0.25) is 4.72 Å². The summed E-state index contributed by atoms with van der Waals surface area (Å²) in [6, 6.07) is 5.65. The third-order valence-electron chi connectivity index (χ3n) is 1.84. The van der Waals surface area contributed by atoms with E-state index in [-0.39, 0.29) is 17.2 Å². The molecule has 1 rings (SSSR count). The molecule has 0 saturated heterocycles. The Balaban J connectivity index is 2.90. The first kappa shape index (κ1) is 13.7. The van der Waals surface area contributed by atoms with Gasteiger partial charge in [-0.2, -0.15) is 8.78 Å². The molecule has 1 aromatic carbocycles. The molecule has 0 radical (unpaired) electrons. The number of para-hydroxylation sites is 2. The second-order valence-corrected chi connectivity index (χ2v) is 5.14. The van der Waals surface area contributed by atoms with Crippen LogP contribution in [0.1, 0.15) is 13.3 Å². The summed E-state index contributed by atoms with van der Waals surface area (Å²) in [5, 5.41) is 0. The Morgan fingerprint density at radius 3 is 2.59 bits per heavy atom. The Kier molecular flexibility index (Phi) is 4.68. The molecule has 0 heterocycles. The maximum Gasteiger partial charge on any atom is 0.387 e. The molecule has 0 unspecified atom stereocenters. The van der Waals surface area contributed by atoms with Crippen LogP contribution in [0, 0.1) is 0 Å². The molecule has 17 heavy (non-hydrogen) atoms. The summed E-state index contributed by atoms with van der Waals surface area (Å²) in [7, 11) is -3.52. The highest BCUT2D eigenvalue weighted by molar-refractivity contribution is 7.92. The standard InChI is InChI=1S/C10H13F2NO3S/c1-2-7-17(14,15)13-8-5-3-4-6-9(8)16-10(11)12/h3-6,10,13H,2,7H2,1H3. The van der Waals surface area contributed by atoms with E-state index in [0.29, 0.717) is 6.42 Å². The van der Waals surface area contributed by atoms with Crippen molar-refractivity contribution in [3.8, 4) is 5.75 Å². The van der Waals surface area contributed by atoms with Gasteiger partial charge >= 0.3 is 6.61 Å². The third-order valence-corrected chi connectivity index (χ3v) is 3.32. The van der Waals surface area contributed by atoms with E-state index in [2.05, 4.69) is 9.46 Å². The van der Waals surface area contributed by atoms with Crippen LogP contribution in [-0.4, -0.2) is 20.8 Å². The molecule has 0 amide bonds. The second kappa shape index (κ2) is 5.81. The fourth-order valence-corrected chi connectivity index (χ4v) is 2.38. The first-order chi connectivity index (χ1) is 7.94. The molecule has 0 bridgehead atoms. The van der Waals surface area contributed by atoms with Gasteiger partial charge in [0.05, 0.1) is 11.4 Å². The van der Waals surface area contributed by atoms with E-state index in [9.17, 15) is 17.2 Å². The number of hydrogen-bond acceptors (Lipinski definition) is 3. The van der Waals surface area contributed by atoms with Gasteiger partial charge in [-0.05, 0) is 18.6 Å². The van der Waals surface area contributed by atoms with Gasteiger partial charge in [-0.1, -0.05) is 19.1 Å². The Hall–Kier alpha value is -1.37. The lowest BCUT2D eigenvalue weighted by molar-refractivity contribution is -0.0493. The lowest BCUT2D eigenvalue weighted by atomic mass is 10.3. The summed E-state index contributed by atoms with van der Waals surface area (Å²) in [5.74, 6) is -0.266. The average molecular weight is 265 g/mol. The fraction of sp³-hybridized carbons (Fsp3) is 0.400. The van der Waals surface area contributed by atoms with Gasteiger partial charge in [0, 0.05) is 0 Å². The Morgan fingerprint density at radius 2 is 2.00 bits per heavy atom. The molecular weight excluding hydrogens is 252 g/mol. The van der Waals surface area contributed by atoms with Crippen molar-refractivity contribution in [3.63, 3.8) is 0 Å². The molecule has 0 aliphatic carbocycles. The molecule has 1 aromatic rings. The minimum atomic E-state index is -3.52. The molecule has 0 aliphatic rings. The van der Waals surface area contributed by atoms with Crippen LogP contribution in [0.3, 0.4) is 0 Å². The number of benzene rings is 1. The van der Waals surface area contributed by atoms with Crippen LogP contribution in [0.15, 0.2) is 24.3 Å². The van der Waals surface area contributed by atoms with Gasteiger partial charge in [0.1, 0.15) is 5.75 Å². The van der Waals surface area contributed by atoms with E-state index in [1.165, 1.54) is 24.3 Å². The van der Waals surface area contributed by atoms with E-state index in [1.54, 1.807) is 6.92 Å². The first-order valence-electron chi connectivity index (χ1n) is 4.99. The van der Waals surface area contributed by atoms with Crippen LogP contribution in [0.4, 0.5) is 14.5 Å². The van der Waals surface area contributed by atoms with Crippen molar-refractivity contribution < 1.29 is 21.9 Å². The first-order valence-corrected chi connectivity index (χ1v) is 6.64. The van der Waals surface area contributed by atoms with Crippen molar-refractivity contribution in [1.29, 1.82) is 0 Å². The average Bonchev–Trinajstić information content (AvgIpc) is 2.19. The van der Waals surface area contributed by atoms with Crippen LogP contribution < -0.4 is 9.46 Å². The quantitative estimate of drug-likeness (QED) is 0.859. The smallest absolute Gasteiger partial charge is 0.387 e. The zero-order valence-electron chi connectivity index (χ0n) is 9.19. The summed E-state index contributed by atoms with van der Waals surface area (Å²) in [4.78, 5) is 0. The van der Waals surface area contributed by atoms with Gasteiger partial charge in [-0.25, -0.2) is 8.42 Å². The van der Waals surface area contributed by atoms with E-state index >= 15 is 0 Å². The molecule has 0 fully saturated rings. The summed E-state index contributed by atoms with van der Waals surface area (Å²) in [5.41, 5.74) is 0.0150. The molecular formula is C10H13F2NO3S. The molecule has 7 heteroatoms. The molecule has 0 aliphatic heterocycles. The lowest BCUT2D eigenvalue weighted by Crippen LogP contribution is -2.17. The number of nitrogens with one attached hydrogen (secondary N) is 1. The van der Waals surface area contributed by atoms with Crippen LogP contribution >= 0.6 is 0 Å². The van der Waals surface area contributed by atoms with Gasteiger partial charge in [0.25, 0.3) is 0 Å². The highest BCUT2D eigenvalue weighted by atomic mass is 32.2. The number of halogens is 2. The van der Waals surface area contributed by atoms with E-state index in [4.69, 9.17) is 0 Å². The minimum absolute atomic E-state index is 0.0150.